The van der Waals surface area contributed by atoms with E-state index in [0.29, 0.717) is 35.0 Å². The molecule has 3 aliphatic rings. The van der Waals surface area contributed by atoms with Crippen molar-refractivity contribution in [3.63, 3.8) is 0 Å². The smallest absolute Gasteiger partial charge is 0.130 e. The van der Waals surface area contributed by atoms with E-state index >= 15 is 0 Å². The Morgan fingerprint density at radius 2 is 1.85 bits per heavy atom. The molecule has 2 saturated carbocycles. The van der Waals surface area contributed by atoms with Crippen LogP contribution in [0.2, 0.25) is 0 Å². The van der Waals surface area contributed by atoms with E-state index in [0.717, 1.165) is 37.9 Å². The SMILES string of the molecule is CC1(C)[C@@H]2CC[C@@]1(C)[C@H](NC1CCN(Cc3ccc(F)cc3F)CC1)C2. The second-order valence-corrected chi connectivity index (χ2v) is 9.62. The quantitative estimate of drug-likeness (QED) is 0.833. The minimum atomic E-state index is -0.503. The molecular weight excluding hydrogens is 330 g/mol. The molecule has 1 aromatic rings. The molecular formula is C22H32F2N2. The molecule has 1 heterocycles. The molecule has 0 unspecified atom stereocenters. The van der Waals surface area contributed by atoms with E-state index < -0.39 is 11.6 Å². The second-order valence-electron chi connectivity index (χ2n) is 9.62. The largest absolute Gasteiger partial charge is 0.311 e. The van der Waals surface area contributed by atoms with E-state index in [9.17, 15) is 8.78 Å². The summed E-state index contributed by atoms with van der Waals surface area (Å²) in [6.07, 6.45) is 6.29. The highest BCUT2D eigenvalue weighted by atomic mass is 19.1. The third kappa shape index (κ3) is 2.99. The number of likely N-dealkylation sites (tertiary alicyclic amines) is 1. The van der Waals surface area contributed by atoms with Crippen LogP contribution in [-0.4, -0.2) is 30.1 Å². The summed E-state index contributed by atoms with van der Waals surface area (Å²) in [5, 5.41) is 4.00. The van der Waals surface area contributed by atoms with Gasteiger partial charge >= 0.3 is 0 Å². The van der Waals surface area contributed by atoms with Gasteiger partial charge in [0.15, 0.2) is 0 Å². The van der Waals surface area contributed by atoms with Gasteiger partial charge in [-0.3, -0.25) is 4.90 Å². The van der Waals surface area contributed by atoms with Gasteiger partial charge in [0.25, 0.3) is 0 Å². The van der Waals surface area contributed by atoms with Crippen molar-refractivity contribution in [1.82, 2.24) is 10.2 Å². The van der Waals surface area contributed by atoms with Crippen LogP contribution in [-0.2, 0) is 6.54 Å². The first-order chi connectivity index (χ1) is 12.3. The number of halogens is 2. The predicted molar refractivity (Wildman–Crippen MR) is 101 cm³/mol. The zero-order valence-electron chi connectivity index (χ0n) is 16.3. The summed E-state index contributed by atoms with van der Waals surface area (Å²) < 4.78 is 26.9. The third-order valence-electron chi connectivity index (χ3n) is 8.23. The van der Waals surface area contributed by atoms with Gasteiger partial charge in [0.05, 0.1) is 0 Å². The van der Waals surface area contributed by atoms with Gasteiger partial charge in [0, 0.05) is 30.3 Å². The monoisotopic (exact) mass is 362 g/mol. The fourth-order valence-corrected chi connectivity index (χ4v) is 5.89. The zero-order chi connectivity index (χ0) is 18.5. The molecule has 144 valence electrons. The van der Waals surface area contributed by atoms with Crippen LogP contribution in [0.25, 0.3) is 0 Å². The summed E-state index contributed by atoms with van der Waals surface area (Å²) in [6.45, 7) is 9.95. The van der Waals surface area contributed by atoms with Crippen molar-refractivity contribution in [3.05, 3.63) is 35.4 Å². The van der Waals surface area contributed by atoms with Crippen molar-refractivity contribution >= 4 is 0 Å². The molecule has 2 bridgehead atoms. The predicted octanol–water partition coefficient (Wildman–Crippen LogP) is 4.73. The van der Waals surface area contributed by atoms with Crippen LogP contribution >= 0.6 is 0 Å². The molecule has 2 nitrogen and oxygen atoms in total. The Kier molecular flexibility index (Phi) is 4.63. The Morgan fingerprint density at radius 1 is 1.12 bits per heavy atom. The fraction of sp³-hybridized carbons (Fsp3) is 0.727. The number of nitrogens with one attached hydrogen (secondary N) is 1. The Labute approximate surface area is 156 Å². The molecule has 1 aromatic carbocycles. The molecule has 0 radical (unpaired) electrons. The number of rotatable bonds is 4. The van der Waals surface area contributed by atoms with Crippen LogP contribution < -0.4 is 5.32 Å². The lowest BCUT2D eigenvalue weighted by atomic mass is 9.69. The number of fused-ring (bicyclic) bond motifs is 2. The lowest BCUT2D eigenvalue weighted by molar-refractivity contribution is 0.102. The Hall–Kier alpha value is -1.00. The van der Waals surface area contributed by atoms with Gasteiger partial charge < -0.3 is 5.32 Å². The first-order valence-corrected chi connectivity index (χ1v) is 10.2. The summed E-state index contributed by atoms with van der Waals surface area (Å²) in [7, 11) is 0. The molecule has 26 heavy (non-hydrogen) atoms. The summed E-state index contributed by atoms with van der Waals surface area (Å²) in [5.41, 5.74) is 1.47. The molecule has 0 aromatic heterocycles. The molecule has 1 saturated heterocycles. The number of hydrogen-bond donors (Lipinski definition) is 1. The van der Waals surface area contributed by atoms with Gasteiger partial charge in [-0.2, -0.15) is 0 Å². The maximum Gasteiger partial charge on any atom is 0.130 e. The van der Waals surface area contributed by atoms with E-state index in [1.54, 1.807) is 6.07 Å². The summed E-state index contributed by atoms with van der Waals surface area (Å²) in [4.78, 5) is 2.29. The maximum absolute atomic E-state index is 13.9. The third-order valence-corrected chi connectivity index (χ3v) is 8.23. The minimum Gasteiger partial charge on any atom is -0.311 e. The van der Waals surface area contributed by atoms with Crippen molar-refractivity contribution < 1.29 is 8.78 Å². The lowest BCUT2D eigenvalue weighted by Gasteiger charge is -2.42. The molecule has 0 spiro atoms. The normalized spacial score (nSPS) is 34.5. The molecule has 3 fully saturated rings. The maximum atomic E-state index is 13.9. The van der Waals surface area contributed by atoms with E-state index in [-0.39, 0.29) is 0 Å². The highest BCUT2D eigenvalue weighted by Crippen LogP contribution is 2.65. The van der Waals surface area contributed by atoms with E-state index in [1.807, 2.05) is 0 Å². The van der Waals surface area contributed by atoms with Gasteiger partial charge in [0.1, 0.15) is 11.6 Å². The molecule has 0 amide bonds. The molecule has 1 N–H and O–H groups in total. The van der Waals surface area contributed by atoms with Crippen molar-refractivity contribution in [1.29, 1.82) is 0 Å². The van der Waals surface area contributed by atoms with Gasteiger partial charge in [-0.1, -0.05) is 26.8 Å². The van der Waals surface area contributed by atoms with Crippen LogP contribution in [0, 0.1) is 28.4 Å². The molecule has 2 aliphatic carbocycles. The summed E-state index contributed by atoms with van der Waals surface area (Å²) in [5.74, 6) is -0.0645. The van der Waals surface area contributed by atoms with Crippen LogP contribution in [0.4, 0.5) is 8.78 Å². The van der Waals surface area contributed by atoms with Gasteiger partial charge in [0.2, 0.25) is 0 Å². The number of nitrogens with zero attached hydrogens (tertiary/aromatic N) is 1. The highest BCUT2D eigenvalue weighted by molar-refractivity contribution is 5.18. The van der Waals surface area contributed by atoms with E-state index in [4.69, 9.17) is 0 Å². The second kappa shape index (κ2) is 6.56. The average molecular weight is 363 g/mol. The molecule has 4 rings (SSSR count). The standard InChI is InChI=1S/C22H32F2N2/c1-21(2)16-6-9-22(21,3)20(12-16)25-18-7-10-26(11-8-18)14-15-4-5-17(23)13-19(15)24/h4-5,13,16,18,20,25H,6-12,14H2,1-3H3/t16-,20-,22+/m1/s1. The number of piperidine rings is 1. The van der Waals surface area contributed by atoms with Crippen molar-refractivity contribution in [3.8, 4) is 0 Å². The fourth-order valence-electron chi connectivity index (χ4n) is 5.89. The molecule has 3 atom stereocenters. The Balaban J connectivity index is 1.31. The lowest BCUT2D eigenvalue weighted by Crippen LogP contribution is -2.51. The Bertz CT molecular complexity index is 666. The molecule has 1 aliphatic heterocycles. The van der Waals surface area contributed by atoms with Crippen LogP contribution in [0.1, 0.15) is 58.4 Å². The summed E-state index contributed by atoms with van der Waals surface area (Å²) >= 11 is 0. The number of hydrogen-bond acceptors (Lipinski definition) is 2. The highest BCUT2D eigenvalue weighted by Gasteiger charge is 2.61. The van der Waals surface area contributed by atoms with E-state index in [2.05, 4.69) is 31.0 Å². The van der Waals surface area contributed by atoms with Gasteiger partial charge in [-0.25, -0.2) is 8.78 Å². The van der Waals surface area contributed by atoms with Crippen molar-refractivity contribution in [2.75, 3.05) is 13.1 Å². The summed E-state index contributed by atoms with van der Waals surface area (Å²) in [6, 6.07) is 5.13. The van der Waals surface area contributed by atoms with E-state index in [1.165, 1.54) is 25.3 Å². The zero-order valence-corrected chi connectivity index (χ0v) is 16.3. The van der Waals surface area contributed by atoms with Crippen LogP contribution in [0.15, 0.2) is 18.2 Å². The van der Waals surface area contributed by atoms with Gasteiger partial charge in [-0.05, 0) is 68.0 Å². The minimum absolute atomic E-state index is 0.423. The first kappa shape index (κ1) is 18.4. The van der Waals surface area contributed by atoms with Crippen LogP contribution in [0.3, 0.4) is 0 Å². The van der Waals surface area contributed by atoms with Gasteiger partial charge in [-0.15, -0.1) is 0 Å². The average Bonchev–Trinajstić information content (AvgIpc) is 2.92. The first-order valence-electron chi connectivity index (χ1n) is 10.2. The van der Waals surface area contributed by atoms with Crippen LogP contribution in [0.5, 0.6) is 0 Å². The van der Waals surface area contributed by atoms with Crippen molar-refractivity contribution in [2.24, 2.45) is 16.7 Å². The van der Waals surface area contributed by atoms with Crippen molar-refractivity contribution in [2.45, 2.75) is 71.5 Å². The molecule has 4 heteroatoms. The topological polar surface area (TPSA) is 15.3 Å². The number of benzene rings is 1. The Morgan fingerprint density at radius 3 is 2.42 bits per heavy atom.